The molecule has 0 radical (unpaired) electrons. The molecule has 0 bridgehead atoms. The molecule has 0 N–H and O–H groups in total. The van der Waals surface area contributed by atoms with E-state index < -0.39 is 10.1 Å². The summed E-state index contributed by atoms with van der Waals surface area (Å²) >= 11 is 0. The first-order valence-electron chi connectivity index (χ1n) is 5.58. The Hall–Kier alpha value is -1.87. The highest BCUT2D eigenvalue weighted by Crippen LogP contribution is 2.23. The van der Waals surface area contributed by atoms with Crippen LogP contribution in [-0.2, 0) is 14.4 Å². The number of nitrogens with zero attached hydrogens (tertiary/aromatic N) is 2. The molecule has 1 aliphatic carbocycles. The van der Waals surface area contributed by atoms with Gasteiger partial charge in [-0.1, -0.05) is 23.4 Å². The van der Waals surface area contributed by atoms with Crippen molar-refractivity contribution in [3.63, 3.8) is 0 Å². The lowest BCUT2D eigenvalue weighted by Crippen LogP contribution is -2.08. The topological polar surface area (TPSA) is 79.5 Å². The number of oxime groups is 1. The monoisotopic (exact) mass is 264 g/mol. The SMILES string of the molecule is N#CC1CCC/C1=N\OS(=O)(=O)c1ccccc1. The third-order valence-corrected chi connectivity index (χ3v) is 3.89. The summed E-state index contributed by atoms with van der Waals surface area (Å²) in [5, 5.41) is 12.5. The van der Waals surface area contributed by atoms with Crippen LogP contribution in [0.4, 0.5) is 0 Å². The van der Waals surface area contributed by atoms with E-state index in [0.717, 1.165) is 6.42 Å². The molecule has 0 amide bonds. The van der Waals surface area contributed by atoms with Crippen LogP contribution < -0.4 is 0 Å². The molecule has 94 valence electrons. The normalized spacial score (nSPS) is 21.7. The fourth-order valence-electron chi connectivity index (χ4n) is 1.80. The quantitative estimate of drug-likeness (QED) is 0.783. The van der Waals surface area contributed by atoms with E-state index in [1.54, 1.807) is 18.2 Å². The predicted molar refractivity (Wildman–Crippen MR) is 65.1 cm³/mol. The molecule has 1 aromatic carbocycles. The van der Waals surface area contributed by atoms with Crippen molar-refractivity contribution in [2.24, 2.45) is 11.1 Å². The lowest BCUT2D eigenvalue weighted by Gasteiger charge is -2.03. The number of hydrogen-bond acceptors (Lipinski definition) is 5. The molecular weight excluding hydrogens is 252 g/mol. The van der Waals surface area contributed by atoms with Crippen LogP contribution in [0.3, 0.4) is 0 Å². The van der Waals surface area contributed by atoms with Crippen molar-refractivity contribution in [3.05, 3.63) is 30.3 Å². The first-order chi connectivity index (χ1) is 8.63. The molecule has 18 heavy (non-hydrogen) atoms. The van der Waals surface area contributed by atoms with Crippen molar-refractivity contribution in [2.75, 3.05) is 0 Å². The van der Waals surface area contributed by atoms with Crippen LogP contribution in [-0.4, -0.2) is 14.1 Å². The van der Waals surface area contributed by atoms with Gasteiger partial charge in [-0.25, -0.2) is 0 Å². The standard InChI is InChI=1S/C12H12N2O3S/c13-9-10-5-4-8-12(10)14-17-18(15,16)11-6-2-1-3-7-11/h1-3,6-7,10H,4-5,8H2/b14-12+. The number of benzene rings is 1. The van der Waals surface area contributed by atoms with Crippen LogP contribution in [0.5, 0.6) is 0 Å². The van der Waals surface area contributed by atoms with E-state index in [9.17, 15) is 8.42 Å². The van der Waals surface area contributed by atoms with Gasteiger partial charge in [-0.15, -0.1) is 0 Å². The molecule has 1 saturated carbocycles. The van der Waals surface area contributed by atoms with Gasteiger partial charge >= 0.3 is 10.1 Å². The van der Waals surface area contributed by atoms with Crippen molar-refractivity contribution in [1.82, 2.24) is 0 Å². The maximum absolute atomic E-state index is 11.8. The van der Waals surface area contributed by atoms with Crippen molar-refractivity contribution in [1.29, 1.82) is 5.26 Å². The molecule has 2 rings (SSSR count). The second kappa shape index (κ2) is 5.19. The van der Waals surface area contributed by atoms with Crippen LogP contribution in [0.25, 0.3) is 0 Å². The summed E-state index contributed by atoms with van der Waals surface area (Å²) in [5.41, 5.74) is 0.511. The Morgan fingerprint density at radius 2 is 2.06 bits per heavy atom. The molecule has 6 heteroatoms. The van der Waals surface area contributed by atoms with Gasteiger partial charge in [0.1, 0.15) is 4.90 Å². The largest absolute Gasteiger partial charge is 0.358 e. The van der Waals surface area contributed by atoms with Crippen LogP contribution >= 0.6 is 0 Å². The lowest BCUT2D eigenvalue weighted by molar-refractivity contribution is 0.336. The van der Waals surface area contributed by atoms with E-state index in [-0.39, 0.29) is 10.8 Å². The maximum atomic E-state index is 11.8. The highest BCUT2D eigenvalue weighted by atomic mass is 32.2. The minimum atomic E-state index is -3.88. The van der Waals surface area contributed by atoms with E-state index in [4.69, 9.17) is 5.26 Å². The molecule has 1 aliphatic rings. The van der Waals surface area contributed by atoms with E-state index in [0.29, 0.717) is 18.6 Å². The number of rotatable bonds is 3. The Bertz CT molecular complexity index is 587. The zero-order valence-electron chi connectivity index (χ0n) is 9.61. The minimum Gasteiger partial charge on any atom is -0.265 e. The van der Waals surface area contributed by atoms with Gasteiger partial charge < -0.3 is 0 Å². The summed E-state index contributed by atoms with van der Waals surface area (Å²) in [6.07, 6.45) is 2.17. The van der Waals surface area contributed by atoms with E-state index >= 15 is 0 Å². The fourth-order valence-corrected chi connectivity index (χ4v) is 2.57. The molecule has 1 atom stereocenters. The number of nitriles is 1. The van der Waals surface area contributed by atoms with Crippen LogP contribution in [0.15, 0.2) is 40.4 Å². The Kier molecular flexibility index (Phi) is 3.63. The summed E-state index contributed by atoms with van der Waals surface area (Å²) in [7, 11) is -3.88. The van der Waals surface area contributed by atoms with Gasteiger partial charge in [-0.2, -0.15) is 13.7 Å². The summed E-state index contributed by atoms with van der Waals surface area (Å²) in [6, 6.07) is 9.89. The average molecular weight is 264 g/mol. The van der Waals surface area contributed by atoms with E-state index in [1.807, 2.05) is 0 Å². The smallest absolute Gasteiger partial charge is 0.265 e. The second-order valence-electron chi connectivity index (χ2n) is 4.00. The third-order valence-electron chi connectivity index (χ3n) is 2.77. The van der Waals surface area contributed by atoms with Gasteiger partial charge in [-0.05, 0) is 31.4 Å². The summed E-state index contributed by atoms with van der Waals surface area (Å²) in [5.74, 6) is -0.323. The molecule has 0 spiro atoms. The van der Waals surface area contributed by atoms with Crippen LogP contribution in [0.1, 0.15) is 19.3 Å². The maximum Gasteiger partial charge on any atom is 0.358 e. The zero-order valence-corrected chi connectivity index (χ0v) is 10.4. The van der Waals surface area contributed by atoms with E-state index in [2.05, 4.69) is 15.5 Å². The molecular formula is C12H12N2O3S. The lowest BCUT2D eigenvalue weighted by atomic mass is 10.1. The number of hydrogen-bond donors (Lipinski definition) is 0. The average Bonchev–Trinajstić information content (AvgIpc) is 2.85. The van der Waals surface area contributed by atoms with Gasteiger partial charge in [0, 0.05) is 0 Å². The minimum absolute atomic E-state index is 0.0563. The molecule has 5 nitrogen and oxygen atoms in total. The third kappa shape index (κ3) is 2.68. The fraction of sp³-hybridized carbons (Fsp3) is 0.333. The Balaban J connectivity index is 2.16. The van der Waals surface area contributed by atoms with Crippen molar-refractivity contribution >= 4 is 15.8 Å². The molecule has 0 heterocycles. The molecule has 0 aliphatic heterocycles. The first kappa shape index (κ1) is 12.6. The van der Waals surface area contributed by atoms with Gasteiger partial charge in [-0.3, -0.25) is 4.28 Å². The molecule has 1 fully saturated rings. The van der Waals surface area contributed by atoms with Crippen molar-refractivity contribution in [3.8, 4) is 6.07 Å². The Morgan fingerprint density at radius 1 is 1.33 bits per heavy atom. The van der Waals surface area contributed by atoms with Crippen LogP contribution in [0.2, 0.25) is 0 Å². The highest BCUT2D eigenvalue weighted by Gasteiger charge is 2.24. The van der Waals surface area contributed by atoms with Gasteiger partial charge in [0.15, 0.2) is 0 Å². The van der Waals surface area contributed by atoms with Crippen LogP contribution in [0, 0.1) is 17.2 Å². The van der Waals surface area contributed by atoms with Gasteiger partial charge in [0.25, 0.3) is 0 Å². The predicted octanol–water partition coefficient (Wildman–Crippen LogP) is 2.07. The Morgan fingerprint density at radius 3 is 2.72 bits per heavy atom. The zero-order chi connectivity index (χ0) is 13.0. The van der Waals surface area contributed by atoms with E-state index in [1.165, 1.54) is 12.1 Å². The molecule has 0 aromatic heterocycles. The Labute approximate surface area is 106 Å². The summed E-state index contributed by atoms with van der Waals surface area (Å²) in [4.78, 5) is 0.0563. The highest BCUT2D eigenvalue weighted by molar-refractivity contribution is 7.86. The molecule has 0 saturated heterocycles. The molecule has 1 unspecified atom stereocenters. The van der Waals surface area contributed by atoms with Crippen molar-refractivity contribution < 1.29 is 12.7 Å². The van der Waals surface area contributed by atoms with Gasteiger partial charge in [0.2, 0.25) is 0 Å². The van der Waals surface area contributed by atoms with Gasteiger partial charge in [0.05, 0.1) is 17.7 Å². The van der Waals surface area contributed by atoms with Crippen molar-refractivity contribution in [2.45, 2.75) is 24.2 Å². The summed E-state index contributed by atoms with van der Waals surface area (Å²) in [6.45, 7) is 0. The first-order valence-corrected chi connectivity index (χ1v) is 6.99. The second-order valence-corrected chi connectivity index (χ2v) is 5.53. The summed E-state index contributed by atoms with van der Waals surface area (Å²) < 4.78 is 28.2. The molecule has 1 aromatic rings.